The highest BCUT2D eigenvalue weighted by Crippen LogP contribution is 2.27. The largest absolute Gasteiger partial charge is 0.435 e. The third-order valence-corrected chi connectivity index (χ3v) is 2.87. The fraction of sp³-hybridized carbons (Fsp3) is 0.923. The van der Waals surface area contributed by atoms with Crippen LogP contribution in [0.4, 0.5) is 0 Å². The molecule has 0 amide bonds. The predicted octanol–water partition coefficient (Wildman–Crippen LogP) is 3.13. The Hall–Kier alpha value is -0.570. The summed E-state index contributed by atoms with van der Waals surface area (Å²) in [5.41, 5.74) is 0. The minimum Gasteiger partial charge on any atom is -0.435 e. The molecule has 0 N–H and O–H groups in total. The molecule has 0 aromatic rings. The van der Waals surface area contributed by atoms with Gasteiger partial charge >= 0.3 is 5.97 Å². The minimum atomic E-state index is -0.395. The zero-order chi connectivity index (χ0) is 12.1. The molecular weight excluding hydrogens is 204 g/mol. The van der Waals surface area contributed by atoms with Gasteiger partial charge in [0, 0.05) is 5.92 Å². The van der Waals surface area contributed by atoms with E-state index >= 15 is 0 Å². The molecule has 3 nitrogen and oxygen atoms in total. The molecule has 0 aromatic carbocycles. The molecule has 16 heavy (non-hydrogen) atoms. The van der Waals surface area contributed by atoms with Crippen molar-refractivity contribution < 1.29 is 14.3 Å². The summed E-state index contributed by atoms with van der Waals surface area (Å²) in [6.07, 6.45) is 3.95. The third-order valence-electron chi connectivity index (χ3n) is 2.87. The van der Waals surface area contributed by atoms with Crippen molar-refractivity contribution in [1.82, 2.24) is 0 Å². The Morgan fingerprint density at radius 1 is 1.12 bits per heavy atom. The van der Waals surface area contributed by atoms with Crippen LogP contribution >= 0.6 is 0 Å². The first kappa shape index (κ1) is 13.5. The molecule has 3 heteroatoms. The molecule has 1 saturated carbocycles. The molecule has 1 fully saturated rings. The summed E-state index contributed by atoms with van der Waals surface area (Å²) in [5, 5.41) is 0. The fourth-order valence-electron chi connectivity index (χ4n) is 1.96. The smallest absolute Gasteiger partial charge is 0.311 e. The number of esters is 1. The lowest BCUT2D eigenvalue weighted by atomic mass is 10.1. The Morgan fingerprint density at radius 2 is 1.69 bits per heavy atom. The second-order valence-corrected chi connectivity index (χ2v) is 5.22. The van der Waals surface area contributed by atoms with E-state index in [9.17, 15) is 4.79 Å². The molecule has 0 radical (unpaired) electrons. The van der Waals surface area contributed by atoms with Crippen molar-refractivity contribution in [2.24, 2.45) is 11.8 Å². The monoisotopic (exact) mass is 228 g/mol. The van der Waals surface area contributed by atoms with E-state index in [1.807, 2.05) is 27.7 Å². The molecule has 0 bridgehead atoms. The van der Waals surface area contributed by atoms with Gasteiger partial charge in [0.2, 0.25) is 6.29 Å². The lowest BCUT2D eigenvalue weighted by Gasteiger charge is -2.25. The summed E-state index contributed by atoms with van der Waals surface area (Å²) in [4.78, 5) is 11.8. The van der Waals surface area contributed by atoms with Crippen LogP contribution in [0.3, 0.4) is 0 Å². The minimum absolute atomic E-state index is 0.0724. The van der Waals surface area contributed by atoms with E-state index in [0.717, 1.165) is 25.7 Å². The van der Waals surface area contributed by atoms with Gasteiger partial charge in [0.15, 0.2) is 0 Å². The van der Waals surface area contributed by atoms with Crippen molar-refractivity contribution in [2.45, 2.75) is 65.8 Å². The Morgan fingerprint density at radius 3 is 2.12 bits per heavy atom. The molecule has 0 heterocycles. The summed E-state index contributed by atoms with van der Waals surface area (Å²) in [6, 6.07) is 0. The van der Waals surface area contributed by atoms with Gasteiger partial charge < -0.3 is 9.47 Å². The van der Waals surface area contributed by atoms with E-state index < -0.39 is 6.29 Å². The lowest BCUT2D eigenvalue weighted by Crippen LogP contribution is -2.31. The third kappa shape index (κ3) is 4.12. The molecule has 0 aliphatic heterocycles. The predicted molar refractivity (Wildman–Crippen MR) is 62.9 cm³/mol. The van der Waals surface area contributed by atoms with E-state index in [4.69, 9.17) is 9.47 Å². The molecule has 1 unspecified atom stereocenters. The molecular formula is C13H24O3. The van der Waals surface area contributed by atoms with Gasteiger partial charge in [-0.1, -0.05) is 26.7 Å². The summed E-state index contributed by atoms with van der Waals surface area (Å²) in [7, 11) is 0. The standard InChI is InChI=1S/C13H24O3/c1-9(2)13(15-10(3)4)16-12(14)11-7-5-6-8-11/h9-11,13H,5-8H2,1-4H3. The van der Waals surface area contributed by atoms with E-state index in [-0.39, 0.29) is 23.9 Å². The van der Waals surface area contributed by atoms with Crippen molar-refractivity contribution in [3.8, 4) is 0 Å². The van der Waals surface area contributed by atoms with Gasteiger partial charge in [-0.3, -0.25) is 4.79 Å². The summed E-state index contributed by atoms with van der Waals surface area (Å²) < 4.78 is 11.0. The number of carbonyl (C=O) groups is 1. The Balaban J connectivity index is 2.43. The highest BCUT2D eigenvalue weighted by Gasteiger charge is 2.28. The maximum Gasteiger partial charge on any atom is 0.311 e. The van der Waals surface area contributed by atoms with Gasteiger partial charge in [-0.25, -0.2) is 0 Å². The number of hydrogen-bond acceptors (Lipinski definition) is 3. The molecule has 1 atom stereocenters. The van der Waals surface area contributed by atoms with Gasteiger partial charge in [-0.2, -0.15) is 0 Å². The maximum atomic E-state index is 11.8. The van der Waals surface area contributed by atoms with Gasteiger partial charge in [0.05, 0.1) is 12.0 Å². The van der Waals surface area contributed by atoms with Crippen LogP contribution in [0, 0.1) is 11.8 Å². The first-order chi connectivity index (χ1) is 7.50. The molecule has 94 valence electrons. The number of carbonyl (C=O) groups excluding carboxylic acids is 1. The Kier molecular flexibility index (Phi) is 5.26. The van der Waals surface area contributed by atoms with Gasteiger partial charge in [0.25, 0.3) is 0 Å². The quantitative estimate of drug-likeness (QED) is 0.535. The molecule has 0 spiro atoms. The average Bonchev–Trinajstić information content (AvgIpc) is 2.68. The summed E-state index contributed by atoms with van der Waals surface area (Å²) >= 11 is 0. The van der Waals surface area contributed by atoms with Crippen molar-refractivity contribution in [2.75, 3.05) is 0 Å². The van der Waals surface area contributed by atoms with Crippen LogP contribution in [0.1, 0.15) is 53.4 Å². The van der Waals surface area contributed by atoms with Crippen molar-refractivity contribution in [3.05, 3.63) is 0 Å². The molecule has 1 aliphatic rings. The highest BCUT2D eigenvalue weighted by molar-refractivity contribution is 5.72. The Labute approximate surface area is 98.5 Å². The molecule has 0 aromatic heterocycles. The van der Waals surface area contributed by atoms with E-state index in [2.05, 4.69) is 0 Å². The molecule has 1 aliphatic carbocycles. The van der Waals surface area contributed by atoms with Gasteiger partial charge in [0.1, 0.15) is 0 Å². The number of ether oxygens (including phenoxy) is 2. The summed E-state index contributed by atoms with van der Waals surface area (Å²) in [6.45, 7) is 7.93. The van der Waals surface area contributed by atoms with E-state index in [1.165, 1.54) is 0 Å². The molecule has 0 saturated heterocycles. The van der Waals surface area contributed by atoms with Gasteiger partial charge in [-0.05, 0) is 26.7 Å². The first-order valence-corrected chi connectivity index (χ1v) is 6.36. The zero-order valence-electron chi connectivity index (χ0n) is 10.9. The fourth-order valence-corrected chi connectivity index (χ4v) is 1.96. The van der Waals surface area contributed by atoms with Gasteiger partial charge in [-0.15, -0.1) is 0 Å². The average molecular weight is 228 g/mol. The zero-order valence-corrected chi connectivity index (χ0v) is 10.9. The summed E-state index contributed by atoms with van der Waals surface area (Å²) in [5.74, 6) is 0.238. The van der Waals surface area contributed by atoms with Crippen LogP contribution in [-0.2, 0) is 14.3 Å². The second kappa shape index (κ2) is 6.24. The van der Waals surface area contributed by atoms with E-state index in [0.29, 0.717) is 0 Å². The normalized spacial score (nSPS) is 19.4. The second-order valence-electron chi connectivity index (χ2n) is 5.22. The van der Waals surface area contributed by atoms with E-state index in [1.54, 1.807) is 0 Å². The van der Waals surface area contributed by atoms with Crippen LogP contribution in [-0.4, -0.2) is 18.4 Å². The van der Waals surface area contributed by atoms with Crippen LogP contribution < -0.4 is 0 Å². The number of hydrogen-bond donors (Lipinski definition) is 0. The van der Waals surface area contributed by atoms with Crippen molar-refractivity contribution in [3.63, 3.8) is 0 Å². The topological polar surface area (TPSA) is 35.5 Å². The van der Waals surface area contributed by atoms with Crippen molar-refractivity contribution in [1.29, 1.82) is 0 Å². The molecule has 1 rings (SSSR count). The maximum absolute atomic E-state index is 11.8. The van der Waals surface area contributed by atoms with Crippen LogP contribution in [0.25, 0.3) is 0 Å². The van der Waals surface area contributed by atoms with Crippen LogP contribution in [0.15, 0.2) is 0 Å². The SMILES string of the molecule is CC(C)OC(OC(=O)C1CCCC1)C(C)C. The van der Waals surface area contributed by atoms with Crippen molar-refractivity contribution >= 4 is 5.97 Å². The highest BCUT2D eigenvalue weighted by atomic mass is 16.7. The first-order valence-electron chi connectivity index (χ1n) is 6.36. The lowest BCUT2D eigenvalue weighted by molar-refractivity contribution is -0.201. The van der Waals surface area contributed by atoms with Crippen LogP contribution in [0.2, 0.25) is 0 Å². The van der Waals surface area contributed by atoms with Crippen LogP contribution in [0.5, 0.6) is 0 Å². The Bertz CT molecular complexity index is 217. The number of rotatable bonds is 5.